The van der Waals surface area contributed by atoms with Crippen molar-refractivity contribution in [3.8, 4) is 0 Å². The van der Waals surface area contributed by atoms with Gasteiger partial charge in [0.25, 0.3) is 0 Å². The molecule has 0 aliphatic carbocycles. The van der Waals surface area contributed by atoms with E-state index >= 15 is 0 Å². The van der Waals surface area contributed by atoms with Crippen LogP contribution < -0.4 is 11.1 Å². The van der Waals surface area contributed by atoms with Crippen molar-refractivity contribution < 1.29 is 0 Å². The zero-order chi connectivity index (χ0) is 12.9. The molecule has 0 aliphatic rings. The van der Waals surface area contributed by atoms with E-state index in [1.54, 1.807) is 0 Å². The molecule has 1 heterocycles. The van der Waals surface area contributed by atoms with Gasteiger partial charge in [0, 0.05) is 18.8 Å². The predicted octanol–water partition coefficient (Wildman–Crippen LogP) is 2.92. The molecule has 0 saturated carbocycles. The van der Waals surface area contributed by atoms with Crippen molar-refractivity contribution in [2.24, 2.45) is 5.73 Å². The van der Waals surface area contributed by atoms with Gasteiger partial charge in [-0.2, -0.15) is 0 Å². The molecule has 0 amide bonds. The molecule has 0 aliphatic heterocycles. The van der Waals surface area contributed by atoms with Gasteiger partial charge in [-0.3, -0.25) is 0 Å². The summed E-state index contributed by atoms with van der Waals surface area (Å²) in [7, 11) is 0. The van der Waals surface area contributed by atoms with Gasteiger partial charge in [0.1, 0.15) is 5.82 Å². The Labute approximate surface area is 105 Å². The highest BCUT2D eigenvalue weighted by Crippen LogP contribution is 2.21. The Morgan fingerprint density at radius 2 is 2.06 bits per heavy atom. The lowest BCUT2D eigenvalue weighted by Gasteiger charge is -2.18. The molecule has 3 heteroatoms. The molecule has 1 rings (SSSR count). The van der Waals surface area contributed by atoms with E-state index in [4.69, 9.17) is 5.73 Å². The van der Waals surface area contributed by atoms with Gasteiger partial charge in [0.15, 0.2) is 0 Å². The quantitative estimate of drug-likeness (QED) is 0.825. The average molecular weight is 235 g/mol. The molecule has 96 valence electrons. The maximum Gasteiger partial charge on any atom is 0.125 e. The van der Waals surface area contributed by atoms with Crippen molar-refractivity contribution in [1.82, 2.24) is 4.98 Å². The first-order valence-electron chi connectivity index (χ1n) is 6.39. The highest BCUT2D eigenvalue weighted by molar-refractivity contribution is 5.36. The van der Waals surface area contributed by atoms with Crippen LogP contribution in [0.5, 0.6) is 0 Å². The number of hydrogen-bond acceptors (Lipinski definition) is 3. The molecule has 17 heavy (non-hydrogen) atoms. The van der Waals surface area contributed by atoms with Crippen molar-refractivity contribution in [3.63, 3.8) is 0 Å². The summed E-state index contributed by atoms with van der Waals surface area (Å²) in [5.74, 6) is 0.932. The fourth-order valence-corrected chi connectivity index (χ4v) is 1.53. The second kappa shape index (κ2) is 6.01. The van der Waals surface area contributed by atoms with Gasteiger partial charge in [-0.25, -0.2) is 4.98 Å². The number of pyridine rings is 1. The van der Waals surface area contributed by atoms with E-state index in [1.165, 1.54) is 5.56 Å². The Hall–Kier alpha value is -1.09. The van der Waals surface area contributed by atoms with E-state index in [9.17, 15) is 0 Å². The second-order valence-electron chi connectivity index (χ2n) is 5.57. The minimum absolute atomic E-state index is 0.163. The van der Waals surface area contributed by atoms with Gasteiger partial charge >= 0.3 is 0 Å². The third kappa shape index (κ3) is 4.73. The Bertz CT molecular complexity index is 324. The van der Waals surface area contributed by atoms with Crippen molar-refractivity contribution in [1.29, 1.82) is 0 Å². The van der Waals surface area contributed by atoms with Crippen LogP contribution in [0.25, 0.3) is 0 Å². The third-order valence-corrected chi connectivity index (χ3v) is 2.98. The molecule has 0 spiro atoms. The number of aromatic nitrogens is 1. The number of nitrogens with zero attached hydrogens (tertiary/aromatic N) is 1. The Morgan fingerprint density at radius 3 is 2.53 bits per heavy atom. The highest BCUT2D eigenvalue weighted by atomic mass is 15.0. The van der Waals surface area contributed by atoms with E-state index in [1.807, 2.05) is 12.3 Å². The van der Waals surface area contributed by atoms with Crippen LogP contribution in [0.2, 0.25) is 0 Å². The first-order chi connectivity index (χ1) is 7.93. The molecule has 1 aromatic heterocycles. The summed E-state index contributed by atoms with van der Waals surface area (Å²) in [6.45, 7) is 9.57. The molecule has 0 aromatic carbocycles. The van der Waals surface area contributed by atoms with Crippen LogP contribution in [-0.2, 0) is 5.41 Å². The molecule has 0 radical (unpaired) electrons. The molecule has 0 bridgehead atoms. The lowest BCUT2D eigenvalue weighted by molar-refractivity contribution is 0.587. The van der Waals surface area contributed by atoms with Gasteiger partial charge in [0.05, 0.1) is 0 Å². The fraction of sp³-hybridized carbons (Fsp3) is 0.643. The van der Waals surface area contributed by atoms with Gasteiger partial charge in [0.2, 0.25) is 0 Å². The minimum Gasteiger partial charge on any atom is -0.370 e. The Morgan fingerprint density at radius 1 is 1.35 bits per heavy atom. The van der Waals surface area contributed by atoms with E-state index in [0.29, 0.717) is 0 Å². The van der Waals surface area contributed by atoms with Crippen LogP contribution in [0.15, 0.2) is 18.3 Å². The van der Waals surface area contributed by atoms with Crippen LogP contribution in [-0.4, -0.2) is 17.6 Å². The van der Waals surface area contributed by atoms with Gasteiger partial charge in [-0.05, 0) is 29.9 Å². The molecule has 3 N–H and O–H groups in total. The number of hydrogen-bond donors (Lipinski definition) is 2. The van der Waals surface area contributed by atoms with E-state index in [2.05, 4.69) is 44.1 Å². The summed E-state index contributed by atoms with van der Waals surface area (Å²) in [5, 5.41) is 3.30. The number of nitrogens with two attached hydrogens (primary N) is 1. The summed E-state index contributed by atoms with van der Waals surface area (Å²) in [6.07, 6.45) is 3.96. The van der Waals surface area contributed by atoms with Crippen molar-refractivity contribution in [3.05, 3.63) is 23.9 Å². The summed E-state index contributed by atoms with van der Waals surface area (Å²) >= 11 is 0. The van der Waals surface area contributed by atoms with Crippen LogP contribution in [0.3, 0.4) is 0 Å². The lowest BCUT2D eigenvalue weighted by Crippen LogP contribution is -2.22. The Balaban J connectivity index is 2.46. The normalized spacial score (nSPS) is 13.5. The molecule has 1 unspecified atom stereocenters. The zero-order valence-electron chi connectivity index (χ0n) is 11.5. The van der Waals surface area contributed by atoms with Crippen LogP contribution >= 0.6 is 0 Å². The average Bonchev–Trinajstić information content (AvgIpc) is 2.28. The molecule has 1 aromatic rings. The van der Waals surface area contributed by atoms with E-state index in [0.717, 1.165) is 25.2 Å². The molecule has 3 nitrogen and oxygen atoms in total. The predicted molar refractivity (Wildman–Crippen MR) is 74.3 cm³/mol. The fourth-order valence-electron chi connectivity index (χ4n) is 1.53. The maximum absolute atomic E-state index is 5.86. The molecule has 1 atom stereocenters. The summed E-state index contributed by atoms with van der Waals surface area (Å²) in [6, 6.07) is 4.46. The lowest BCUT2D eigenvalue weighted by atomic mass is 9.88. The van der Waals surface area contributed by atoms with Crippen LogP contribution in [0.1, 0.15) is 46.1 Å². The number of nitrogens with one attached hydrogen (secondary N) is 1. The molecule has 0 saturated heterocycles. The van der Waals surface area contributed by atoms with Crippen LogP contribution in [0, 0.1) is 0 Å². The Kier molecular flexibility index (Phi) is 4.94. The topological polar surface area (TPSA) is 50.9 Å². The van der Waals surface area contributed by atoms with Crippen molar-refractivity contribution in [2.75, 3.05) is 11.9 Å². The number of anilines is 1. The molecule has 0 fully saturated rings. The first kappa shape index (κ1) is 14.0. The van der Waals surface area contributed by atoms with Crippen molar-refractivity contribution >= 4 is 5.82 Å². The largest absolute Gasteiger partial charge is 0.370 e. The van der Waals surface area contributed by atoms with Crippen molar-refractivity contribution in [2.45, 2.75) is 52.0 Å². The van der Waals surface area contributed by atoms with Gasteiger partial charge in [-0.15, -0.1) is 0 Å². The standard InChI is InChI=1S/C14H25N3/c1-5-12(15)8-9-16-13-7-6-11(10-17-13)14(2,3)4/h6-7,10,12H,5,8-9,15H2,1-4H3,(H,16,17). The van der Waals surface area contributed by atoms with Gasteiger partial charge in [-0.1, -0.05) is 33.8 Å². The third-order valence-electron chi connectivity index (χ3n) is 2.98. The van der Waals surface area contributed by atoms with E-state index < -0.39 is 0 Å². The number of rotatable bonds is 5. The monoisotopic (exact) mass is 235 g/mol. The minimum atomic E-state index is 0.163. The van der Waals surface area contributed by atoms with E-state index in [-0.39, 0.29) is 11.5 Å². The molecular weight excluding hydrogens is 210 g/mol. The summed E-state index contributed by atoms with van der Waals surface area (Å²) in [5.41, 5.74) is 7.28. The first-order valence-corrected chi connectivity index (χ1v) is 6.39. The highest BCUT2D eigenvalue weighted by Gasteiger charge is 2.13. The van der Waals surface area contributed by atoms with Gasteiger partial charge < -0.3 is 11.1 Å². The summed E-state index contributed by atoms with van der Waals surface area (Å²) < 4.78 is 0. The smallest absolute Gasteiger partial charge is 0.125 e. The van der Waals surface area contributed by atoms with Crippen LogP contribution in [0.4, 0.5) is 5.82 Å². The second-order valence-corrected chi connectivity index (χ2v) is 5.57. The zero-order valence-corrected chi connectivity index (χ0v) is 11.5. The SMILES string of the molecule is CCC(N)CCNc1ccc(C(C)(C)C)cn1. The molecular formula is C14H25N3. The maximum atomic E-state index is 5.86. The summed E-state index contributed by atoms with van der Waals surface area (Å²) in [4.78, 5) is 4.42.